The van der Waals surface area contributed by atoms with Gasteiger partial charge in [0, 0.05) is 18.2 Å². The molecule has 0 aromatic heterocycles. The number of benzene rings is 1. The summed E-state index contributed by atoms with van der Waals surface area (Å²) in [4.78, 5) is 49.5. The third-order valence-corrected chi connectivity index (χ3v) is 7.07. The lowest BCUT2D eigenvalue weighted by Gasteiger charge is -2.49. The number of rotatable bonds is 6. The van der Waals surface area contributed by atoms with Gasteiger partial charge in [-0.25, -0.2) is 4.79 Å². The Morgan fingerprint density at radius 2 is 1.94 bits per heavy atom. The summed E-state index contributed by atoms with van der Waals surface area (Å²) in [6.45, 7) is 0.949. The van der Waals surface area contributed by atoms with Crippen molar-refractivity contribution < 1.29 is 29.0 Å². The smallest absolute Gasteiger partial charge is 0.352 e. The second-order valence-corrected chi connectivity index (χ2v) is 9.53. The maximum absolute atomic E-state index is 12.9. The quantitative estimate of drug-likeness (QED) is 0.323. The van der Waals surface area contributed by atoms with Crippen LogP contribution in [-0.4, -0.2) is 57.5 Å². The Bertz CT molecular complexity index is 1090. The number of aliphatic carboxylic acids is 1. The van der Waals surface area contributed by atoms with Crippen LogP contribution < -0.4 is 5.32 Å². The largest absolute Gasteiger partial charge is 0.477 e. The highest BCUT2D eigenvalue weighted by Crippen LogP contribution is 2.41. The molecule has 0 bridgehead atoms. The molecule has 1 aromatic carbocycles. The highest BCUT2D eigenvalue weighted by atomic mass is 35.5. The van der Waals surface area contributed by atoms with Gasteiger partial charge >= 0.3 is 11.9 Å². The SMILES string of the molecule is CC(=O)OCC1=C(C(=O)O)N2C(=O)C(NC(=O)C(=C(Cl)Cl)c3ccc(Cl)c(Cl)c3)[C@H]2SC1. The van der Waals surface area contributed by atoms with Gasteiger partial charge in [-0.1, -0.05) is 52.5 Å². The lowest BCUT2D eigenvalue weighted by molar-refractivity contribution is -0.150. The van der Waals surface area contributed by atoms with E-state index in [0.717, 1.165) is 4.90 Å². The first-order chi connectivity index (χ1) is 15.0. The highest BCUT2D eigenvalue weighted by Gasteiger charge is 2.54. The minimum Gasteiger partial charge on any atom is -0.477 e. The minimum absolute atomic E-state index is 0.122. The molecule has 2 heterocycles. The van der Waals surface area contributed by atoms with Crippen molar-refractivity contribution in [1.29, 1.82) is 0 Å². The van der Waals surface area contributed by atoms with Crippen molar-refractivity contribution in [1.82, 2.24) is 10.2 Å². The molecule has 2 amide bonds. The number of nitrogens with one attached hydrogen (secondary N) is 1. The molecule has 8 nitrogen and oxygen atoms in total. The molecule has 0 spiro atoms. The standard InChI is InChI=1S/C19H14Cl4N2O6S/c1-7(26)31-5-9-6-32-18-13(17(28)25(18)14(9)19(29)30)24-16(27)12(15(22)23)8-2-3-10(20)11(21)4-8/h2-4,13,18H,5-6H2,1H3,(H,24,27)(H,29,30)/t13?,18-/m1/s1. The van der Waals surface area contributed by atoms with Gasteiger partial charge in [-0.05, 0) is 17.7 Å². The fourth-order valence-electron chi connectivity index (χ4n) is 3.17. The van der Waals surface area contributed by atoms with E-state index in [1.807, 2.05) is 0 Å². The fourth-order valence-corrected chi connectivity index (χ4v) is 5.19. The Morgan fingerprint density at radius 3 is 2.50 bits per heavy atom. The number of carbonyl (C=O) groups is 4. The lowest BCUT2D eigenvalue weighted by atomic mass is 10.0. The van der Waals surface area contributed by atoms with E-state index < -0.39 is 35.2 Å². The Kier molecular flexibility index (Phi) is 7.67. The molecule has 1 saturated heterocycles. The first-order valence-corrected chi connectivity index (χ1v) is 11.4. The number of amides is 2. The Hall–Kier alpha value is -1.91. The first-order valence-electron chi connectivity index (χ1n) is 8.87. The molecule has 2 aliphatic heterocycles. The zero-order valence-corrected chi connectivity index (χ0v) is 20.0. The number of carbonyl (C=O) groups excluding carboxylic acids is 3. The van der Waals surface area contributed by atoms with Crippen LogP contribution in [0.4, 0.5) is 0 Å². The minimum atomic E-state index is -1.34. The molecular formula is C19H14Cl4N2O6S. The molecule has 0 radical (unpaired) electrons. The monoisotopic (exact) mass is 538 g/mol. The van der Waals surface area contributed by atoms with Crippen LogP contribution in [0.15, 0.2) is 34.0 Å². The number of ether oxygens (including phenoxy) is 1. The van der Waals surface area contributed by atoms with E-state index in [1.54, 1.807) is 0 Å². The number of hydrogen-bond acceptors (Lipinski definition) is 6. The number of nitrogens with zero attached hydrogens (tertiary/aromatic N) is 1. The Morgan fingerprint density at radius 1 is 1.25 bits per heavy atom. The third kappa shape index (κ3) is 4.87. The molecule has 170 valence electrons. The molecule has 3 rings (SSSR count). The van der Waals surface area contributed by atoms with Crippen LogP contribution in [0.1, 0.15) is 12.5 Å². The zero-order valence-electron chi connectivity index (χ0n) is 16.2. The van der Waals surface area contributed by atoms with Gasteiger partial charge in [0.15, 0.2) is 0 Å². The predicted molar refractivity (Wildman–Crippen MR) is 121 cm³/mol. The Labute approximate surface area is 206 Å². The predicted octanol–water partition coefficient (Wildman–Crippen LogP) is 3.44. The van der Waals surface area contributed by atoms with E-state index in [4.69, 9.17) is 51.1 Å². The van der Waals surface area contributed by atoms with Crippen molar-refractivity contribution in [3.63, 3.8) is 0 Å². The maximum atomic E-state index is 12.9. The fraction of sp³-hybridized carbons (Fsp3) is 0.263. The molecule has 2 atom stereocenters. The normalized spacial score (nSPS) is 19.7. The second-order valence-electron chi connectivity index (χ2n) is 6.66. The molecule has 2 aliphatic rings. The van der Waals surface area contributed by atoms with Gasteiger partial charge in [0.05, 0.1) is 15.6 Å². The summed E-state index contributed by atoms with van der Waals surface area (Å²) in [6.07, 6.45) is 0. The van der Waals surface area contributed by atoms with Gasteiger partial charge in [0.1, 0.15) is 28.2 Å². The van der Waals surface area contributed by atoms with Crippen molar-refractivity contribution in [2.75, 3.05) is 12.4 Å². The topological polar surface area (TPSA) is 113 Å². The van der Waals surface area contributed by atoms with Crippen LogP contribution in [0.25, 0.3) is 5.57 Å². The highest BCUT2D eigenvalue weighted by molar-refractivity contribution is 8.00. The summed E-state index contributed by atoms with van der Waals surface area (Å²) in [5.41, 5.74) is 0.184. The number of halogens is 4. The first kappa shape index (κ1) is 24.7. The number of esters is 1. The van der Waals surface area contributed by atoms with Gasteiger partial charge in [-0.2, -0.15) is 0 Å². The van der Waals surface area contributed by atoms with Crippen LogP contribution in [0.3, 0.4) is 0 Å². The summed E-state index contributed by atoms with van der Waals surface area (Å²) >= 11 is 24.9. The van der Waals surface area contributed by atoms with Crippen LogP contribution in [-0.2, 0) is 23.9 Å². The van der Waals surface area contributed by atoms with Crippen molar-refractivity contribution in [3.05, 3.63) is 49.6 Å². The van der Waals surface area contributed by atoms with Gasteiger partial charge in [-0.3, -0.25) is 19.3 Å². The van der Waals surface area contributed by atoms with Gasteiger partial charge in [0.25, 0.3) is 11.8 Å². The molecule has 1 fully saturated rings. The summed E-state index contributed by atoms with van der Waals surface area (Å²) < 4.78 is 4.53. The van der Waals surface area contributed by atoms with Crippen molar-refractivity contribution in [2.24, 2.45) is 0 Å². The Balaban J connectivity index is 1.81. The number of carboxylic acid groups (broad SMARTS) is 1. The number of fused-ring (bicyclic) bond motifs is 1. The summed E-state index contributed by atoms with van der Waals surface area (Å²) in [5.74, 6) is -3.09. The zero-order chi connectivity index (χ0) is 23.7. The maximum Gasteiger partial charge on any atom is 0.352 e. The average molecular weight is 540 g/mol. The molecule has 13 heteroatoms. The lowest BCUT2D eigenvalue weighted by Crippen LogP contribution is -2.70. The van der Waals surface area contributed by atoms with Crippen LogP contribution in [0, 0.1) is 0 Å². The number of hydrogen-bond donors (Lipinski definition) is 2. The summed E-state index contributed by atoms with van der Waals surface area (Å²) in [7, 11) is 0. The van der Waals surface area contributed by atoms with Gasteiger partial charge < -0.3 is 15.2 Å². The van der Waals surface area contributed by atoms with E-state index in [2.05, 4.69) is 5.32 Å². The van der Waals surface area contributed by atoms with Crippen LogP contribution in [0.2, 0.25) is 10.0 Å². The van der Waals surface area contributed by atoms with E-state index in [9.17, 15) is 24.3 Å². The molecule has 1 aromatic rings. The third-order valence-electron chi connectivity index (χ3n) is 4.61. The molecule has 32 heavy (non-hydrogen) atoms. The van der Waals surface area contributed by atoms with Crippen LogP contribution in [0.5, 0.6) is 0 Å². The van der Waals surface area contributed by atoms with Crippen molar-refractivity contribution in [2.45, 2.75) is 18.3 Å². The average Bonchev–Trinajstić information content (AvgIpc) is 2.71. The van der Waals surface area contributed by atoms with Crippen molar-refractivity contribution >= 4 is 87.5 Å². The molecule has 0 aliphatic carbocycles. The molecule has 2 N–H and O–H groups in total. The summed E-state index contributed by atoms with van der Waals surface area (Å²) in [5, 5.41) is 11.9. The summed E-state index contributed by atoms with van der Waals surface area (Å²) in [6, 6.07) is 3.35. The second kappa shape index (κ2) is 9.93. The van der Waals surface area contributed by atoms with Crippen molar-refractivity contribution in [3.8, 4) is 0 Å². The van der Waals surface area contributed by atoms with Crippen LogP contribution >= 0.6 is 58.2 Å². The number of thioether (sulfide) groups is 1. The van der Waals surface area contributed by atoms with E-state index in [0.29, 0.717) is 0 Å². The van der Waals surface area contributed by atoms with E-state index in [1.165, 1.54) is 36.9 Å². The number of β-lactam (4-membered cyclic amide) rings is 1. The molecular weight excluding hydrogens is 526 g/mol. The van der Waals surface area contributed by atoms with E-state index in [-0.39, 0.29) is 49.3 Å². The van der Waals surface area contributed by atoms with Gasteiger partial charge in [-0.15, -0.1) is 11.8 Å². The molecule has 1 unspecified atom stereocenters. The van der Waals surface area contributed by atoms with Gasteiger partial charge in [0.2, 0.25) is 0 Å². The molecule has 0 saturated carbocycles. The number of carboxylic acids is 1. The van der Waals surface area contributed by atoms with E-state index >= 15 is 0 Å².